The van der Waals surface area contributed by atoms with Gasteiger partial charge in [0.2, 0.25) is 0 Å². The van der Waals surface area contributed by atoms with Gasteiger partial charge < -0.3 is 9.32 Å². The molecule has 0 N–H and O–H groups in total. The van der Waals surface area contributed by atoms with Gasteiger partial charge in [-0.05, 0) is 116 Å². The molecule has 0 amide bonds. The maximum Gasteiger partial charge on any atom is 0.135 e. The van der Waals surface area contributed by atoms with E-state index in [0.29, 0.717) is 0 Å². The fourth-order valence-electron chi connectivity index (χ4n) is 9.20. The van der Waals surface area contributed by atoms with Gasteiger partial charge in [0.15, 0.2) is 0 Å². The predicted molar refractivity (Wildman–Crippen MR) is 248 cm³/mol. The molecule has 1 aromatic heterocycles. The van der Waals surface area contributed by atoms with Gasteiger partial charge in [-0.3, -0.25) is 0 Å². The van der Waals surface area contributed by atoms with Crippen molar-refractivity contribution < 1.29 is 4.42 Å². The Bertz CT molecular complexity index is 3160. The van der Waals surface area contributed by atoms with Gasteiger partial charge in [0.1, 0.15) is 11.2 Å². The van der Waals surface area contributed by atoms with Crippen molar-refractivity contribution in [3.8, 4) is 55.6 Å². The van der Waals surface area contributed by atoms with Crippen LogP contribution in [0.1, 0.15) is 25.0 Å². The first kappa shape index (κ1) is 34.8. The number of fused-ring (bicyclic) bond motifs is 6. The highest BCUT2D eigenvalue weighted by atomic mass is 16.3. The number of rotatable bonds is 7. The van der Waals surface area contributed by atoms with Crippen LogP contribution >= 0.6 is 0 Å². The molecule has 10 aromatic rings. The Hall–Kier alpha value is -7.42. The van der Waals surface area contributed by atoms with Crippen molar-refractivity contribution >= 4 is 39.0 Å². The monoisotopic (exact) mass is 755 g/mol. The SMILES string of the molecule is CC1(C)c2cc(-c3ccc(-c4ccccc4)cc3)ccc2-c2ccc(N(c3ccc(-c4ccc5oc6ccccc6c5c4)cc3)c3ccccc3-c3ccccc3)cc21. The molecule has 0 saturated carbocycles. The lowest BCUT2D eigenvalue weighted by Gasteiger charge is -2.30. The number of hydrogen-bond donors (Lipinski definition) is 0. The van der Waals surface area contributed by atoms with Gasteiger partial charge in [0, 0.05) is 33.1 Å². The van der Waals surface area contributed by atoms with E-state index in [0.717, 1.165) is 50.1 Å². The molecule has 280 valence electrons. The van der Waals surface area contributed by atoms with Crippen molar-refractivity contribution in [2.24, 2.45) is 0 Å². The van der Waals surface area contributed by atoms with E-state index in [9.17, 15) is 0 Å². The van der Waals surface area contributed by atoms with Crippen LogP contribution in [0.4, 0.5) is 17.1 Å². The third-order valence-electron chi connectivity index (χ3n) is 12.3. The fraction of sp³-hybridized carbons (Fsp3) is 0.0526. The van der Waals surface area contributed by atoms with Crippen LogP contribution in [-0.4, -0.2) is 0 Å². The number of nitrogens with zero attached hydrogens (tertiary/aromatic N) is 1. The maximum absolute atomic E-state index is 6.14. The highest BCUT2D eigenvalue weighted by molar-refractivity contribution is 6.06. The standard InChI is InChI=1S/C57H41NO/c1-57(2)52-36-44(40-23-21-39(22-24-40)38-13-5-3-6-14-38)27-32-48(52)49-33-31-46(37-53(49)57)58(54-19-11-9-17-47(54)42-15-7-4-8-16-42)45-29-25-41(26-30-45)43-28-34-56-51(35-43)50-18-10-12-20-55(50)59-56/h3-37H,1-2H3. The second kappa shape index (κ2) is 13.9. The molecule has 9 aromatic carbocycles. The Morgan fingerprint density at radius 2 is 0.831 bits per heavy atom. The van der Waals surface area contributed by atoms with E-state index in [4.69, 9.17) is 4.42 Å². The van der Waals surface area contributed by atoms with Crippen molar-refractivity contribution in [1.29, 1.82) is 0 Å². The lowest BCUT2D eigenvalue weighted by Crippen LogP contribution is -2.17. The molecular weight excluding hydrogens is 715 g/mol. The van der Waals surface area contributed by atoms with Crippen molar-refractivity contribution in [3.63, 3.8) is 0 Å². The predicted octanol–water partition coefficient (Wildman–Crippen LogP) is 16.0. The largest absolute Gasteiger partial charge is 0.456 e. The van der Waals surface area contributed by atoms with E-state index in [2.05, 4.69) is 219 Å². The van der Waals surface area contributed by atoms with Gasteiger partial charge in [0.05, 0.1) is 5.69 Å². The first-order chi connectivity index (χ1) is 29.0. The van der Waals surface area contributed by atoms with Crippen LogP contribution in [0.2, 0.25) is 0 Å². The summed E-state index contributed by atoms with van der Waals surface area (Å²) in [6.45, 7) is 4.75. The summed E-state index contributed by atoms with van der Waals surface area (Å²) < 4.78 is 6.14. The van der Waals surface area contributed by atoms with Crippen LogP contribution in [0.25, 0.3) is 77.6 Å². The Labute approximate surface area is 345 Å². The summed E-state index contributed by atoms with van der Waals surface area (Å²) in [4.78, 5) is 2.43. The van der Waals surface area contributed by atoms with E-state index in [1.807, 2.05) is 12.1 Å². The second-order valence-electron chi connectivity index (χ2n) is 16.1. The van der Waals surface area contributed by atoms with Gasteiger partial charge in [-0.15, -0.1) is 0 Å². The summed E-state index contributed by atoms with van der Waals surface area (Å²) in [6, 6.07) is 76.9. The Morgan fingerprint density at radius 1 is 0.339 bits per heavy atom. The Kier molecular flexibility index (Phi) is 8.20. The smallest absolute Gasteiger partial charge is 0.135 e. The molecule has 59 heavy (non-hydrogen) atoms. The van der Waals surface area contributed by atoms with Crippen LogP contribution in [0, 0.1) is 0 Å². The Morgan fingerprint density at radius 3 is 1.58 bits per heavy atom. The fourth-order valence-corrected chi connectivity index (χ4v) is 9.20. The topological polar surface area (TPSA) is 16.4 Å². The average molecular weight is 756 g/mol. The molecule has 1 heterocycles. The molecule has 0 unspecified atom stereocenters. The van der Waals surface area contributed by atoms with Crippen molar-refractivity contribution in [2.75, 3.05) is 4.90 Å². The molecule has 2 nitrogen and oxygen atoms in total. The van der Waals surface area contributed by atoms with E-state index in [1.54, 1.807) is 0 Å². The number of furan rings is 1. The van der Waals surface area contributed by atoms with E-state index in [1.165, 1.54) is 55.6 Å². The molecule has 0 saturated heterocycles. The second-order valence-corrected chi connectivity index (χ2v) is 16.1. The maximum atomic E-state index is 6.14. The molecule has 0 aliphatic heterocycles. The first-order valence-corrected chi connectivity index (χ1v) is 20.4. The molecule has 1 aliphatic rings. The highest BCUT2D eigenvalue weighted by Crippen LogP contribution is 2.52. The third kappa shape index (κ3) is 5.96. The summed E-state index contributed by atoms with van der Waals surface area (Å²) in [7, 11) is 0. The van der Waals surface area contributed by atoms with Crippen molar-refractivity contribution in [1.82, 2.24) is 0 Å². The molecule has 0 radical (unpaired) electrons. The normalized spacial score (nSPS) is 12.7. The average Bonchev–Trinajstić information content (AvgIpc) is 3.78. The molecular formula is C57H41NO. The van der Waals surface area contributed by atoms with Crippen LogP contribution in [0.15, 0.2) is 217 Å². The molecule has 11 rings (SSSR count). The minimum Gasteiger partial charge on any atom is -0.456 e. The van der Waals surface area contributed by atoms with Crippen molar-refractivity contribution in [3.05, 3.63) is 223 Å². The zero-order valence-corrected chi connectivity index (χ0v) is 33.1. The zero-order chi connectivity index (χ0) is 39.5. The van der Waals surface area contributed by atoms with Crippen LogP contribution in [0.3, 0.4) is 0 Å². The summed E-state index contributed by atoms with van der Waals surface area (Å²) in [5.74, 6) is 0. The molecule has 2 heteroatoms. The zero-order valence-electron chi connectivity index (χ0n) is 33.1. The number of benzene rings is 9. The Balaban J connectivity index is 0.991. The highest BCUT2D eigenvalue weighted by Gasteiger charge is 2.36. The molecule has 0 fully saturated rings. The number of anilines is 3. The van der Waals surface area contributed by atoms with Crippen LogP contribution < -0.4 is 4.90 Å². The lowest BCUT2D eigenvalue weighted by atomic mass is 9.81. The van der Waals surface area contributed by atoms with Gasteiger partial charge in [-0.25, -0.2) is 0 Å². The van der Waals surface area contributed by atoms with Gasteiger partial charge in [0.25, 0.3) is 0 Å². The molecule has 0 atom stereocenters. The van der Waals surface area contributed by atoms with Gasteiger partial charge in [-0.1, -0.05) is 172 Å². The van der Waals surface area contributed by atoms with Gasteiger partial charge in [-0.2, -0.15) is 0 Å². The van der Waals surface area contributed by atoms with Crippen molar-refractivity contribution in [2.45, 2.75) is 19.3 Å². The quantitative estimate of drug-likeness (QED) is 0.161. The summed E-state index contributed by atoms with van der Waals surface area (Å²) in [5, 5.41) is 2.27. The minimum absolute atomic E-state index is 0.203. The first-order valence-electron chi connectivity index (χ1n) is 20.4. The molecule has 1 aliphatic carbocycles. The molecule has 0 bridgehead atoms. The third-order valence-corrected chi connectivity index (χ3v) is 12.3. The van der Waals surface area contributed by atoms with Crippen LogP contribution in [0.5, 0.6) is 0 Å². The van der Waals surface area contributed by atoms with E-state index >= 15 is 0 Å². The summed E-state index contributed by atoms with van der Waals surface area (Å²) in [6.07, 6.45) is 0. The summed E-state index contributed by atoms with van der Waals surface area (Å²) in [5.41, 5.74) is 19.9. The van der Waals surface area contributed by atoms with Crippen LogP contribution in [-0.2, 0) is 5.41 Å². The lowest BCUT2D eigenvalue weighted by molar-refractivity contribution is 0.660. The van der Waals surface area contributed by atoms with Gasteiger partial charge >= 0.3 is 0 Å². The molecule has 0 spiro atoms. The van der Waals surface area contributed by atoms with E-state index in [-0.39, 0.29) is 5.41 Å². The summed E-state index contributed by atoms with van der Waals surface area (Å²) >= 11 is 0. The number of hydrogen-bond acceptors (Lipinski definition) is 2. The number of para-hydroxylation sites is 2. The van der Waals surface area contributed by atoms with E-state index < -0.39 is 0 Å². The minimum atomic E-state index is -0.203.